The topological polar surface area (TPSA) is 41.1 Å². The van der Waals surface area contributed by atoms with Crippen molar-refractivity contribution in [3.8, 4) is 0 Å². The van der Waals surface area contributed by atoms with Crippen LogP contribution in [-0.2, 0) is 4.79 Å². The standard InChI is InChI=1S/C16H26N2O.ClH/c1-16(2,3)15(13-9-6-5-7-10-13)18-14(19)11-8-12-17-4;/h5-7,9-10,15,17H,8,11-12H2,1-4H3,(H,18,19);1H. The number of carbonyl (C=O) groups excluding carboxylic acids is 1. The summed E-state index contributed by atoms with van der Waals surface area (Å²) in [5.74, 6) is 0.124. The molecule has 2 N–H and O–H groups in total. The molecule has 3 nitrogen and oxygen atoms in total. The van der Waals surface area contributed by atoms with Crippen molar-refractivity contribution in [3.63, 3.8) is 0 Å². The van der Waals surface area contributed by atoms with Crippen LogP contribution in [0.2, 0.25) is 0 Å². The zero-order valence-electron chi connectivity index (χ0n) is 12.9. The van der Waals surface area contributed by atoms with E-state index in [1.165, 1.54) is 0 Å². The van der Waals surface area contributed by atoms with Gasteiger partial charge >= 0.3 is 0 Å². The maximum atomic E-state index is 12.0. The molecule has 0 aromatic heterocycles. The average Bonchev–Trinajstić information content (AvgIpc) is 2.36. The Morgan fingerprint density at radius 3 is 2.30 bits per heavy atom. The molecule has 20 heavy (non-hydrogen) atoms. The number of hydrogen-bond donors (Lipinski definition) is 2. The fraction of sp³-hybridized carbons (Fsp3) is 0.562. The molecular weight excluding hydrogens is 272 g/mol. The predicted molar refractivity (Wildman–Crippen MR) is 87.2 cm³/mol. The fourth-order valence-electron chi connectivity index (χ4n) is 2.10. The highest BCUT2D eigenvalue weighted by atomic mass is 35.5. The SMILES string of the molecule is CNCCCC(=O)NC(c1ccccc1)C(C)(C)C.Cl. The van der Waals surface area contributed by atoms with Crippen molar-refractivity contribution in [2.45, 2.75) is 39.7 Å². The number of rotatable bonds is 6. The van der Waals surface area contributed by atoms with Gasteiger partial charge in [0.05, 0.1) is 6.04 Å². The van der Waals surface area contributed by atoms with Crippen molar-refractivity contribution in [3.05, 3.63) is 35.9 Å². The summed E-state index contributed by atoms with van der Waals surface area (Å²) in [4.78, 5) is 12.0. The molecule has 1 atom stereocenters. The van der Waals surface area contributed by atoms with Crippen molar-refractivity contribution in [2.24, 2.45) is 5.41 Å². The molecule has 1 unspecified atom stereocenters. The maximum Gasteiger partial charge on any atom is 0.220 e. The zero-order chi connectivity index (χ0) is 14.3. The van der Waals surface area contributed by atoms with Gasteiger partial charge in [0, 0.05) is 6.42 Å². The van der Waals surface area contributed by atoms with Crippen LogP contribution in [0.5, 0.6) is 0 Å². The van der Waals surface area contributed by atoms with Crippen LogP contribution in [0.1, 0.15) is 45.2 Å². The number of halogens is 1. The van der Waals surface area contributed by atoms with Crippen molar-refractivity contribution in [1.29, 1.82) is 0 Å². The Hall–Kier alpha value is -1.06. The molecule has 0 fully saturated rings. The van der Waals surface area contributed by atoms with E-state index in [-0.39, 0.29) is 29.8 Å². The third kappa shape index (κ3) is 6.40. The smallest absolute Gasteiger partial charge is 0.220 e. The highest BCUT2D eigenvalue weighted by Crippen LogP contribution is 2.32. The maximum absolute atomic E-state index is 12.0. The van der Waals surface area contributed by atoms with Crippen LogP contribution in [0, 0.1) is 5.41 Å². The lowest BCUT2D eigenvalue weighted by Gasteiger charge is -2.32. The Balaban J connectivity index is 0.00000361. The molecule has 0 aliphatic carbocycles. The van der Waals surface area contributed by atoms with Gasteiger partial charge in [-0.1, -0.05) is 51.1 Å². The molecule has 1 aromatic rings. The summed E-state index contributed by atoms with van der Waals surface area (Å²) in [7, 11) is 1.90. The van der Waals surface area contributed by atoms with Gasteiger partial charge < -0.3 is 10.6 Å². The Morgan fingerprint density at radius 2 is 1.80 bits per heavy atom. The van der Waals surface area contributed by atoms with Crippen molar-refractivity contribution >= 4 is 18.3 Å². The highest BCUT2D eigenvalue weighted by molar-refractivity contribution is 5.85. The molecule has 1 rings (SSSR count). The van der Waals surface area contributed by atoms with Gasteiger partial charge in [-0.2, -0.15) is 0 Å². The van der Waals surface area contributed by atoms with Crippen LogP contribution >= 0.6 is 12.4 Å². The predicted octanol–water partition coefficient (Wildman–Crippen LogP) is 3.31. The normalized spacial score (nSPS) is 12.4. The van der Waals surface area contributed by atoms with Gasteiger partial charge in [0.2, 0.25) is 5.91 Å². The lowest BCUT2D eigenvalue weighted by Crippen LogP contribution is -2.36. The summed E-state index contributed by atoms with van der Waals surface area (Å²) in [6.07, 6.45) is 1.44. The highest BCUT2D eigenvalue weighted by Gasteiger charge is 2.27. The van der Waals surface area contributed by atoms with Crippen LogP contribution in [0.3, 0.4) is 0 Å². The van der Waals surface area contributed by atoms with Crippen LogP contribution in [0.25, 0.3) is 0 Å². The number of benzene rings is 1. The first-order valence-corrected chi connectivity index (χ1v) is 6.94. The van der Waals surface area contributed by atoms with Gasteiger partial charge in [0.25, 0.3) is 0 Å². The third-order valence-corrected chi connectivity index (χ3v) is 3.13. The molecule has 0 aliphatic rings. The molecule has 0 heterocycles. The van der Waals surface area contributed by atoms with E-state index in [1.807, 2.05) is 25.2 Å². The van der Waals surface area contributed by atoms with Gasteiger partial charge in [-0.15, -0.1) is 12.4 Å². The van der Waals surface area contributed by atoms with Crippen LogP contribution < -0.4 is 10.6 Å². The number of amides is 1. The molecule has 0 radical (unpaired) electrons. The molecule has 4 heteroatoms. The minimum Gasteiger partial charge on any atom is -0.349 e. The molecule has 114 valence electrons. The first-order valence-electron chi connectivity index (χ1n) is 6.94. The van der Waals surface area contributed by atoms with E-state index in [0.717, 1.165) is 18.5 Å². The molecule has 0 saturated heterocycles. The third-order valence-electron chi connectivity index (χ3n) is 3.13. The molecule has 0 bridgehead atoms. The Kier molecular flexibility index (Phi) is 8.51. The second-order valence-corrected chi connectivity index (χ2v) is 5.98. The molecule has 0 aliphatic heterocycles. The van der Waals surface area contributed by atoms with E-state index in [4.69, 9.17) is 0 Å². The Morgan fingerprint density at radius 1 is 1.20 bits per heavy atom. The second kappa shape index (κ2) is 8.98. The quantitative estimate of drug-likeness (QED) is 0.791. The minimum atomic E-state index is 0. The summed E-state index contributed by atoms with van der Waals surface area (Å²) in [5, 5.41) is 6.22. The monoisotopic (exact) mass is 298 g/mol. The first kappa shape index (κ1) is 18.9. The van der Waals surface area contributed by atoms with E-state index in [1.54, 1.807) is 0 Å². The molecule has 1 aromatic carbocycles. The van der Waals surface area contributed by atoms with Crippen LogP contribution in [-0.4, -0.2) is 19.5 Å². The first-order chi connectivity index (χ1) is 8.95. The van der Waals surface area contributed by atoms with Gasteiger partial charge in [0.1, 0.15) is 0 Å². The van der Waals surface area contributed by atoms with Gasteiger partial charge in [-0.05, 0) is 31.0 Å². The number of hydrogen-bond acceptors (Lipinski definition) is 2. The summed E-state index contributed by atoms with van der Waals surface area (Å²) in [6.45, 7) is 7.33. The lowest BCUT2D eigenvalue weighted by atomic mass is 9.82. The summed E-state index contributed by atoms with van der Waals surface area (Å²) >= 11 is 0. The van der Waals surface area contributed by atoms with E-state index in [0.29, 0.717) is 6.42 Å². The van der Waals surface area contributed by atoms with Crippen molar-refractivity contribution in [1.82, 2.24) is 10.6 Å². The van der Waals surface area contributed by atoms with Crippen LogP contribution in [0.15, 0.2) is 30.3 Å². The Bertz CT molecular complexity index is 387. The van der Waals surface area contributed by atoms with Crippen molar-refractivity contribution in [2.75, 3.05) is 13.6 Å². The Labute approximate surface area is 128 Å². The van der Waals surface area contributed by atoms with Crippen LogP contribution in [0.4, 0.5) is 0 Å². The molecule has 1 amide bonds. The minimum absolute atomic E-state index is 0. The second-order valence-electron chi connectivity index (χ2n) is 5.98. The summed E-state index contributed by atoms with van der Waals surface area (Å²) < 4.78 is 0. The van der Waals surface area contributed by atoms with E-state index in [9.17, 15) is 4.79 Å². The number of carbonyl (C=O) groups is 1. The molecule has 0 spiro atoms. The lowest BCUT2D eigenvalue weighted by molar-refractivity contribution is -0.122. The molecular formula is C16H27ClN2O. The van der Waals surface area contributed by atoms with E-state index < -0.39 is 0 Å². The van der Waals surface area contributed by atoms with E-state index in [2.05, 4.69) is 43.5 Å². The van der Waals surface area contributed by atoms with Gasteiger partial charge in [-0.3, -0.25) is 4.79 Å². The summed E-state index contributed by atoms with van der Waals surface area (Å²) in [5.41, 5.74) is 1.16. The fourth-order valence-corrected chi connectivity index (χ4v) is 2.10. The summed E-state index contributed by atoms with van der Waals surface area (Å²) in [6, 6.07) is 10.2. The van der Waals surface area contributed by atoms with Crippen molar-refractivity contribution < 1.29 is 4.79 Å². The van der Waals surface area contributed by atoms with Gasteiger partial charge in [0.15, 0.2) is 0 Å². The number of nitrogens with one attached hydrogen (secondary N) is 2. The van der Waals surface area contributed by atoms with Gasteiger partial charge in [-0.25, -0.2) is 0 Å². The largest absolute Gasteiger partial charge is 0.349 e. The zero-order valence-corrected chi connectivity index (χ0v) is 13.7. The average molecular weight is 299 g/mol. The molecule has 0 saturated carbocycles. The van der Waals surface area contributed by atoms with E-state index >= 15 is 0 Å².